The maximum absolute atomic E-state index is 14.5. The van der Waals surface area contributed by atoms with Gasteiger partial charge in [-0.25, -0.2) is 9.18 Å². The van der Waals surface area contributed by atoms with Crippen molar-refractivity contribution in [2.75, 3.05) is 6.61 Å². The predicted molar refractivity (Wildman–Crippen MR) is 115 cm³/mol. The summed E-state index contributed by atoms with van der Waals surface area (Å²) in [5.74, 6) is -1.46. The highest BCUT2D eigenvalue weighted by Gasteiger charge is 2.26. The van der Waals surface area contributed by atoms with Crippen molar-refractivity contribution in [2.45, 2.75) is 20.0 Å². The lowest BCUT2D eigenvalue weighted by Gasteiger charge is -2.17. The van der Waals surface area contributed by atoms with E-state index in [0.29, 0.717) is 25.2 Å². The Bertz CT molecular complexity index is 1300. The van der Waals surface area contributed by atoms with E-state index >= 15 is 0 Å². The Balaban J connectivity index is 1.91. The van der Waals surface area contributed by atoms with Crippen LogP contribution in [0.5, 0.6) is 0 Å². The highest BCUT2D eigenvalue weighted by Crippen LogP contribution is 2.41. The Kier molecular flexibility index (Phi) is 4.40. The summed E-state index contributed by atoms with van der Waals surface area (Å²) >= 11 is 0. The summed E-state index contributed by atoms with van der Waals surface area (Å²) in [7, 11) is 0. The van der Waals surface area contributed by atoms with E-state index in [2.05, 4.69) is 29.7 Å². The highest BCUT2D eigenvalue weighted by molar-refractivity contribution is 5.98. The molecule has 5 heteroatoms. The highest BCUT2D eigenvalue weighted by atomic mass is 19.1. The minimum atomic E-state index is -1.07. The number of halogens is 1. The maximum Gasteiger partial charge on any atom is 0.328 e. The lowest BCUT2D eigenvalue weighted by atomic mass is 10.1. The van der Waals surface area contributed by atoms with E-state index in [1.165, 1.54) is 18.2 Å². The van der Waals surface area contributed by atoms with E-state index in [1.807, 2.05) is 18.2 Å². The number of ether oxygens (including phenoxy) is 1. The lowest BCUT2D eigenvalue weighted by Crippen LogP contribution is -2.12. The van der Waals surface area contributed by atoms with Crippen molar-refractivity contribution in [1.29, 1.82) is 0 Å². The second-order valence-corrected chi connectivity index (χ2v) is 7.58. The molecule has 0 amide bonds. The topological polar surface area (TPSA) is 51.5 Å². The van der Waals surface area contributed by atoms with Crippen molar-refractivity contribution in [1.82, 2.24) is 4.57 Å². The molecule has 4 nitrogen and oxygen atoms in total. The Morgan fingerprint density at radius 3 is 2.77 bits per heavy atom. The van der Waals surface area contributed by atoms with Crippen molar-refractivity contribution in [3.8, 4) is 16.8 Å². The molecule has 0 radical (unpaired) electrons. The first-order chi connectivity index (χ1) is 14.5. The van der Waals surface area contributed by atoms with E-state index in [0.717, 1.165) is 50.6 Å². The molecular formula is C25H20FNO3. The molecule has 0 atom stereocenters. The standard InChI is InChI=1S/C25H20FNO3/c1-15-11-23(19-6-4-2-3-5-18(15)19)27-22-9-10-30-14-21(22)20-13-17(26)12-16(25(20)27)7-8-24(28)29/h2-8,11-13H,9-10,14H2,1H3,(H,28,29). The second-order valence-electron chi connectivity index (χ2n) is 7.58. The van der Waals surface area contributed by atoms with Gasteiger partial charge in [-0.05, 0) is 42.3 Å². The number of carboxylic acid groups (broad SMARTS) is 1. The van der Waals surface area contributed by atoms with Crippen molar-refractivity contribution in [2.24, 2.45) is 0 Å². The number of fused-ring (bicyclic) bond motifs is 4. The second kappa shape index (κ2) is 7.11. The van der Waals surface area contributed by atoms with Crippen LogP contribution in [0.1, 0.15) is 22.4 Å². The monoisotopic (exact) mass is 401 g/mol. The number of rotatable bonds is 3. The largest absolute Gasteiger partial charge is 0.478 e. The maximum atomic E-state index is 14.5. The number of aliphatic carboxylic acids is 1. The summed E-state index contributed by atoms with van der Waals surface area (Å²) < 4.78 is 22.3. The summed E-state index contributed by atoms with van der Waals surface area (Å²) in [6.07, 6.45) is 3.22. The number of aromatic nitrogens is 1. The minimum Gasteiger partial charge on any atom is -0.478 e. The van der Waals surface area contributed by atoms with E-state index in [-0.39, 0.29) is 0 Å². The van der Waals surface area contributed by atoms with Crippen LogP contribution in [-0.2, 0) is 22.6 Å². The third-order valence-electron chi connectivity index (χ3n) is 5.74. The summed E-state index contributed by atoms with van der Waals surface area (Å²) in [6, 6.07) is 15.3. The zero-order valence-corrected chi connectivity index (χ0v) is 16.5. The molecule has 1 N–H and O–H groups in total. The molecule has 0 bridgehead atoms. The number of nitrogens with zero attached hydrogens (tertiary/aromatic N) is 1. The molecule has 1 aromatic carbocycles. The van der Waals surface area contributed by atoms with Crippen LogP contribution >= 0.6 is 0 Å². The van der Waals surface area contributed by atoms with Crippen molar-refractivity contribution >= 4 is 22.9 Å². The fourth-order valence-electron chi connectivity index (χ4n) is 4.51. The molecule has 0 spiro atoms. The van der Waals surface area contributed by atoms with Crippen LogP contribution in [0, 0.1) is 12.7 Å². The average molecular weight is 401 g/mol. The third-order valence-corrected chi connectivity index (χ3v) is 5.74. The van der Waals surface area contributed by atoms with E-state index in [1.54, 1.807) is 0 Å². The molecule has 30 heavy (non-hydrogen) atoms. The molecule has 3 aliphatic rings. The molecule has 0 saturated heterocycles. The van der Waals surface area contributed by atoms with Crippen LogP contribution in [0.2, 0.25) is 0 Å². The number of carboxylic acids is 1. The summed E-state index contributed by atoms with van der Waals surface area (Å²) in [5, 5.41) is 9.90. The smallest absolute Gasteiger partial charge is 0.328 e. The number of carbonyl (C=O) groups is 1. The minimum absolute atomic E-state index is 0.395. The van der Waals surface area contributed by atoms with Crippen LogP contribution in [0.4, 0.5) is 4.39 Å². The van der Waals surface area contributed by atoms with Gasteiger partial charge in [-0.3, -0.25) is 0 Å². The number of aryl methyl sites for hydroxylation is 1. The first-order valence-corrected chi connectivity index (χ1v) is 9.88. The Morgan fingerprint density at radius 2 is 1.97 bits per heavy atom. The van der Waals surface area contributed by atoms with Gasteiger partial charge in [-0.2, -0.15) is 0 Å². The fourth-order valence-corrected chi connectivity index (χ4v) is 4.51. The van der Waals surface area contributed by atoms with Gasteiger partial charge in [-0.15, -0.1) is 0 Å². The molecular weight excluding hydrogens is 381 g/mol. The average Bonchev–Trinajstić information content (AvgIpc) is 3.07. The quantitative estimate of drug-likeness (QED) is 0.471. The molecule has 0 fully saturated rings. The van der Waals surface area contributed by atoms with Gasteiger partial charge in [0, 0.05) is 40.3 Å². The molecule has 0 saturated carbocycles. The number of hydrogen-bond acceptors (Lipinski definition) is 2. The fraction of sp³-hybridized carbons (Fsp3) is 0.160. The first-order valence-electron chi connectivity index (χ1n) is 9.88. The lowest BCUT2D eigenvalue weighted by molar-refractivity contribution is -0.131. The summed E-state index contributed by atoms with van der Waals surface area (Å²) in [5.41, 5.74) is 7.82. The molecule has 1 aromatic heterocycles. The molecule has 150 valence electrons. The third kappa shape index (κ3) is 2.90. The molecule has 2 heterocycles. The zero-order chi connectivity index (χ0) is 20.8. The van der Waals surface area contributed by atoms with Crippen LogP contribution < -0.4 is 0 Å². The zero-order valence-electron chi connectivity index (χ0n) is 16.5. The summed E-state index contributed by atoms with van der Waals surface area (Å²) in [4.78, 5) is 11.1. The van der Waals surface area contributed by atoms with Gasteiger partial charge in [0.2, 0.25) is 0 Å². The number of benzene rings is 1. The van der Waals surface area contributed by atoms with E-state index in [4.69, 9.17) is 9.84 Å². The van der Waals surface area contributed by atoms with Crippen molar-refractivity contribution in [3.63, 3.8) is 0 Å². The predicted octanol–water partition coefficient (Wildman–Crippen LogP) is 5.35. The van der Waals surface area contributed by atoms with Crippen LogP contribution in [-0.4, -0.2) is 22.2 Å². The van der Waals surface area contributed by atoms with Crippen molar-refractivity contribution < 1.29 is 19.0 Å². The van der Waals surface area contributed by atoms with Gasteiger partial charge in [0.15, 0.2) is 0 Å². The van der Waals surface area contributed by atoms with E-state index in [9.17, 15) is 9.18 Å². The van der Waals surface area contributed by atoms with Gasteiger partial charge in [-0.1, -0.05) is 30.3 Å². The van der Waals surface area contributed by atoms with Gasteiger partial charge < -0.3 is 14.4 Å². The van der Waals surface area contributed by atoms with Gasteiger partial charge in [0.25, 0.3) is 0 Å². The van der Waals surface area contributed by atoms with Gasteiger partial charge in [0.05, 0.1) is 24.4 Å². The number of hydrogen-bond donors (Lipinski definition) is 1. The normalized spacial score (nSPS) is 13.9. The molecule has 0 unspecified atom stereocenters. The first kappa shape index (κ1) is 18.6. The van der Waals surface area contributed by atoms with Crippen molar-refractivity contribution in [3.05, 3.63) is 82.8 Å². The van der Waals surface area contributed by atoms with Gasteiger partial charge in [0.1, 0.15) is 5.82 Å². The van der Waals surface area contributed by atoms with Crippen LogP contribution in [0.25, 0.3) is 33.8 Å². The van der Waals surface area contributed by atoms with Gasteiger partial charge >= 0.3 is 5.97 Å². The van der Waals surface area contributed by atoms with E-state index < -0.39 is 11.8 Å². The molecule has 1 aliphatic heterocycles. The molecule has 2 aromatic rings. The Labute approximate surface area is 173 Å². The Morgan fingerprint density at radius 1 is 1.17 bits per heavy atom. The molecule has 5 rings (SSSR count). The van der Waals surface area contributed by atoms with Crippen LogP contribution in [0.15, 0.2) is 54.6 Å². The molecule has 2 aliphatic carbocycles. The SMILES string of the molecule is Cc1cc(-n2c3c(c4cc(F)cc(C=CC(=O)O)c42)COCC3)c2cccccc1-2. The van der Waals surface area contributed by atoms with Crippen LogP contribution in [0.3, 0.4) is 0 Å². The summed E-state index contributed by atoms with van der Waals surface area (Å²) in [6.45, 7) is 3.09. The Hall–Kier alpha value is -3.44.